The number of hydrogen-bond donors (Lipinski definition) is 1. The van der Waals surface area contributed by atoms with E-state index in [-0.39, 0.29) is 12.1 Å². The Morgan fingerprint density at radius 1 is 1.04 bits per heavy atom. The van der Waals surface area contributed by atoms with Gasteiger partial charge in [-0.05, 0) is 24.3 Å². The molecule has 1 aliphatic heterocycles. The number of nitrogens with one attached hydrogen (secondary N) is 1. The van der Waals surface area contributed by atoms with E-state index in [0.29, 0.717) is 16.8 Å². The van der Waals surface area contributed by atoms with Crippen LogP contribution in [-0.4, -0.2) is 22.4 Å². The Morgan fingerprint density at radius 3 is 2.48 bits per heavy atom. The molecule has 4 rings (SSSR count). The van der Waals surface area contributed by atoms with Gasteiger partial charge in [-0.2, -0.15) is 0 Å². The molecule has 1 saturated heterocycles. The van der Waals surface area contributed by atoms with Crippen LogP contribution in [0.2, 0.25) is 0 Å². The van der Waals surface area contributed by atoms with Gasteiger partial charge in [-0.1, -0.05) is 36.4 Å². The molecule has 2 heterocycles. The number of fused-ring (bicyclic) bond motifs is 1. The molecule has 1 fully saturated rings. The maximum atomic E-state index is 12.7. The molecule has 0 unspecified atom stereocenters. The summed E-state index contributed by atoms with van der Waals surface area (Å²) in [6.45, 7) is -0.319. The van der Waals surface area contributed by atoms with E-state index in [1.165, 1.54) is 15.7 Å². The summed E-state index contributed by atoms with van der Waals surface area (Å²) in [5.74, 6) is -2.21. The number of para-hydroxylation sites is 2. The van der Waals surface area contributed by atoms with Crippen LogP contribution in [0.1, 0.15) is 5.56 Å². The van der Waals surface area contributed by atoms with Crippen LogP contribution >= 0.6 is 0 Å². The monoisotopic (exact) mass is 360 g/mol. The summed E-state index contributed by atoms with van der Waals surface area (Å²) in [5, 5.41) is 12.9. The quantitative estimate of drug-likeness (QED) is 0.551. The molecular weight excluding hydrogens is 346 g/mol. The van der Waals surface area contributed by atoms with Crippen molar-refractivity contribution in [2.75, 3.05) is 5.01 Å². The van der Waals surface area contributed by atoms with Crippen LogP contribution in [-0.2, 0) is 20.9 Å². The number of hydrazine groups is 1. The molecular formula is C20H14N3O4-. The van der Waals surface area contributed by atoms with Crippen LogP contribution in [0.4, 0.5) is 5.69 Å². The lowest BCUT2D eigenvalue weighted by Gasteiger charge is -2.13. The summed E-state index contributed by atoms with van der Waals surface area (Å²) in [6, 6.07) is 15.9. The smallest absolute Gasteiger partial charge is 0.282 e. The van der Waals surface area contributed by atoms with Crippen LogP contribution in [0, 0.1) is 0 Å². The lowest BCUT2D eigenvalue weighted by atomic mass is 10.1. The van der Waals surface area contributed by atoms with E-state index >= 15 is 0 Å². The summed E-state index contributed by atoms with van der Waals surface area (Å²) in [4.78, 5) is 36.0. The molecule has 0 bridgehead atoms. The summed E-state index contributed by atoms with van der Waals surface area (Å²) in [7, 11) is 0. The lowest BCUT2D eigenvalue weighted by molar-refractivity contribution is -0.306. The molecule has 7 heteroatoms. The molecule has 1 aliphatic rings. The molecule has 2 amide bonds. The average molecular weight is 360 g/mol. The Morgan fingerprint density at radius 2 is 1.74 bits per heavy atom. The highest BCUT2D eigenvalue weighted by Crippen LogP contribution is 2.26. The predicted molar refractivity (Wildman–Crippen MR) is 97.0 cm³/mol. The number of aliphatic carboxylic acids is 1. The molecule has 7 nitrogen and oxygen atoms in total. The van der Waals surface area contributed by atoms with E-state index < -0.39 is 17.8 Å². The summed E-state index contributed by atoms with van der Waals surface area (Å²) >= 11 is 0. The molecule has 0 aliphatic carbocycles. The number of carboxylic acids is 1. The first-order valence-electron chi connectivity index (χ1n) is 8.24. The number of amides is 2. The molecule has 134 valence electrons. The average Bonchev–Trinajstić information content (AvgIpc) is 3.15. The Balaban J connectivity index is 1.76. The Bertz CT molecular complexity index is 1100. The van der Waals surface area contributed by atoms with Gasteiger partial charge >= 0.3 is 0 Å². The van der Waals surface area contributed by atoms with Gasteiger partial charge in [0.1, 0.15) is 5.57 Å². The minimum atomic E-state index is -1.22. The standard InChI is InChI=1S/C20H15N3O4/c24-18(25)12-22-11-13(15-8-4-5-9-17(15)22)10-16-19(26)21-23(20(16)27)14-6-2-1-3-7-14/h1-11H,12H2,(H,21,26)(H,24,25)/p-1/b16-10+. The molecule has 0 saturated carbocycles. The number of carbonyl (C=O) groups excluding carboxylic acids is 3. The van der Waals surface area contributed by atoms with E-state index in [0.717, 1.165) is 5.39 Å². The first-order valence-corrected chi connectivity index (χ1v) is 8.24. The summed E-state index contributed by atoms with van der Waals surface area (Å²) in [6.07, 6.45) is 3.08. The van der Waals surface area contributed by atoms with Gasteiger partial charge in [-0.25, -0.2) is 5.01 Å². The van der Waals surface area contributed by atoms with Crippen molar-refractivity contribution in [1.29, 1.82) is 0 Å². The van der Waals surface area contributed by atoms with Gasteiger partial charge in [0.25, 0.3) is 11.8 Å². The first-order chi connectivity index (χ1) is 13.0. The van der Waals surface area contributed by atoms with Crippen LogP contribution in [0.3, 0.4) is 0 Å². The normalized spacial score (nSPS) is 15.6. The molecule has 1 N–H and O–H groups in total. The van der Waals surface area contributed by atoms with Gasteiger partial charge in [-0.3, -0.25) is 15.0 Å². The Kier molecular flexibility index (Phi) is 3.97. The fraction of sp³-hybridized carbons (Fsp3) is 0.0500. The number of carboxylic acid groups (broad SMARTS) is 1. The van der Waals surface area contributed by atoms with Crippen LogP contribution < -0.4 is 15.5 Å². The number of anilines is 1. The third-order valence-electron chi connectivity index (χ3n) is 4.32. The van der Waals surface area contributed by atoms with E-state index in [1.807, 2.05) is 6.07 Å². The van der Waals surface area contributed by atoms with Crippen molar-refractivity contribution in [2.45, 2.75) is 6.54 Å². The van der Waals surface area contributed by atoms with E-state index in [4.69, 9.17) is 0 Å². The second-order valence-electron chi connectivity index (χ2n) is 6.08. The number of benzene rings is 2. The van der Waals surface area contributed by atoms with E-state index in [9.17, 15) is 19.5 Å². The van der Waals surface area contributed by atoms with Crippen molar-refractivity contribution in [1.82, 2.24) is 9.99 Å². The van der Waals surface area contributed by atoms with Gasteiger partial charge < -0.3 is 14.5 Å². The van der Waals surface area contributed by atoms with Crippen LogP contribution in [0.15, 0.2) is 66.4 Å². The van der Waals surface area contributed by atoms with Crippen molar-refractivity contribution < 1.29 is 19.5 Å². The van der Waals surface area contributed by atoms with Gasteiger partial charge in [0.05, 0.1) is 18.2 Å². The van der Waals surface area contributed by atoms with E-state index in [1.54, 1.807) is 54.7 Å². The highest BCUT2D eigenvalue weighted by atomic mass is 16.4. The van der Waals surface area contributed by atoms with Crippen molar-refractivity contribution >= 4 is 40.4 Å². The second-order valence-corrected chi connectivity index (χ2v) is 6.08. The molecule has 0 radical (unpaired) electrons. The Labute approximate surface area is 154 Å². The fourth-order valence-corrected chi connectivity index (χ4v) is 3.13. The second kappa shape index (κ2) is 6.45. The minimum absolute atomic E-state index is 0.0183. The van der Waals surface area contributed by atoms with Gasteiger partial charge in [0.2, 0.25) is 0 Å². The van der Waals surface area contributed by atoms with E-state index in [2.05, 4.69) is 5.43 Å². The summed E-state index contributed by atoms with van der Waals surface area (Å²) in [5.41, 5.74) is 4.34. The first kappa shape index (κ1) is 16.6. The molecule has 27 heavy (non-hydrogen) atoms. The molecule has 2 aromatic carbocycles. The van der Waals surface area contributed by atoms with Crippen molar-refractivity contribution in [3.63, 3.8) is 0 Å². The number of carbonyl (C=O) groups is 3. The van der Waals surface area contributed by atoms with Gasteiger partial charge in [0.15, 0.2) is 0 Å². The maximum Gasteiger partial charge on any atom is 0.282 e. The molecule has 0 atom stereocenters. The molecule has 0 spiro atoms. The zero-order valence-corrected chi connectivity index (χ0v) is 14.1. The highest BCUT2D eigenvalue weighted by Gasteiger charge is 2.34. The number of nitrogens with zero attached hydrogens (tertiary/aromatic N) is 2. The number of hydrogen-bond acceptors (Lipinski definition) is 4. The molecule has 1 aromatic heterocycles. The third kappa shape index (κ3) is 2.95. The Hall–Kier alpha value is -3.87. The minimum Gasteiger partial charge on any atom is -0.548 e. The largest absolute Gasteiger partial charge is 0.548 e. The predicted octanol–water partition coefficient (Wildman–Crippen LogP) is 0.853. The van der Waals surface area contributed by atoms with Gasteiger partial charge in [0, 0.05) is 22.7 Å². The van der Waals surface area contributed by atoms with Crippen LogP contribution in [0.25, 0.3) is 17.0 Å². The van der Waals surface area contributed by atoms with Crippen molar-refractivity contribution in [3.8, 4) is 0 Å². The highest BCUT2D eigenvalue weighted by molar-refractivity contribution is 6.32. The summed E-state index contributed by atoms with van der Waals surface area (Å²) < 4.78 is 1.52. The lowest BCUT2D eigenvalue weighted by Crippen LogP contribution is -2.35. The number of aromatic nitrogens is 1. The number of rotatable bonds is 4. The van der Waals surface area contributed by atoms with Gasteiger partial charge in [-0.15, -0.1) is 0 Å². The zero-order chi connectivity index (χ0) is 19.0. The zero-order valence-electron chi connectivity index (χ0n) is 14.1. The molecule has 3 aromatic rings. The van der Waals surface area contributed by atoms with Crippen molar-refractivity contribution in [2.24, 2.45) is 0 Å². The fourth-order valence-electron chi connectivity index (χ4n) is 3.13. The maximum absolute atomic E-state index is 12.7. The van der Waals surface area contributed by atoms with Crippen LogP contribution in [0.5, 0.6) is 0 Å². The SMILES string of the molecule is O=C([O-])Cn1cc(/C=C2\C(=O)NN(c3ccccc3)C2=O)c2ccccc21. The topological polar surface area (TPSA) is 94.5 Å². The third-order valence-corrected chi connectivity index (χ3v) is 4.32. The van der Waals surface area contributed by atoms with Crippen molar-refractivity contribution in [3.05, 3.63) is 71.9 Å².